The van der Waals surface area contributed by atoms with Crippen LogP contribution in [0.4, 0.5) is 0 Å². The Balaban J connectivity index is 1.83. The maximum Gasteiger partial charge on any atom is 0.279 e. The molecule has 1 aliphatic rings. The van der Waals surface area contributed by atoms with Gasteiger partial charge in [-0.1, -0.05) is 48.0 Å². The number of aryl methyl sites for hydroxylation is 1. The lowest BCUT2D eigenvalue weighted by Crippen LogP contribution is -2.27. The van der Waals surface area contributed by atoms with Crippen molar-refractivity contribution in [1.82, 2.24) is 4.41 Å². The Morgan fingerprint density at radius 2 is 1.52 bits per heavy atom. The van der Waals surface area contributed by atoms with Crippen molar-refractivity contribution in [3.05, 3.63) is 89.5 Å². The Morgan fingerprint density at radius 1 is 0.903 bits per heavy atom. The third-order valence-corrected chi connectivity index (χ3v) is 7.00. The molecule has 0 radical (unpaired) electrons. The van der Waals surface area contributed by atoms with Gasteiger partial charge in [-0.15, -0.1) is 0 Å². The summed E-state index contributed by atoms with van der Waals surface area (Å²) in [7, 11) is -0.721. The first-order valence-electron chi connectivity index (χ1n) is 9.89. The second kappa shape index (κ2) is 8.43. The van der Waals surface area contributed by atoms with Crippen molar-refractivity contribution in [2.45, 2.75) is 24.3 Å². The van der Waals surface area contributed by atoms with Gasteiger partial charge in [0.25, 0.3) is 10.0 Å². The van der Waals surface area contributed by atoms with Crippen LogP contribution in [0.1, 0.15) is 29.2 Å². The van der Waals surface area contributed by atoms with E-state index in [1.807, 2.05) is 43.3 Å². The zero-order valence-electron chi connectivity index (χ0n) is 17.6. The highest BCUT2D eigenvalue weighted by Gasteiger charge is 2.38. The second-order valence-corrected chi connectivity index (χ2v) is 9.16. The summed E-state index contributed by atoms with van der Waals surface area (Å²) in [5.41, 5.74) is 3.49. The number of benzene rings is 3. The molecule has 160 valence electrons. The minimum Gasteiger partial charge on any atom is -0.497 e. The quantitative estimate of drug-likeness (QED) is 0.568. The lowest BCUT2D eigenvalue weighted by Gasteiger charge is -2.24. The fourth-order valence-electron chi connectivity index (χ4n) is 3.60. The van der Waals surface area contributed by atoms with Crippen LogP contribution in [-0.4, -0.2) is 32.8 Å². The van der Waals surface area contributed by atoms with Gasteiger partial charge in [-0.3, -0.25) is 0 Å². The van der Waals surface area contributed by atoms with Gasteiger partial charge in [0, 0.05) is 12.5 Å². The van der Waals surface area contributed by atoms with Gasteiger partial charge >= 0.3 is 0 Å². The third-order valence-electron chi connectivity index (χ3n) is 5.30. The van der Waals surface area contributed by atoms with Crippen LogP contribution < -0.4 is 9.47 Å². The predicted molar refractivity (Wildman–Crippen MR) is 120 cm³/mol. The standard InChI is InChI=1S/C24H24N2O4S/c1-17-9-11-18(12-10-17)23-16-24(19-13-20(29-2)15-21(14-19)30-3)26(25-23)31(27,28)22-7-5-4-6-8-22/h4-15,24H,16H2,1-3H3/t24-/m0/s1. The van der Waals surface area contributed by atoms with Crippen LogP contribution in [0.5, 0.6) is 11.5 Å². The Hall–Kier alpha value is -3.32. The van der Waals surface area contributed by atoms with E-state index < -0.39 is 16.1 Å². The van der Waals surface area contributed by atoms with Gasteiger partial charge in [0.2, 0.25) is 0 Å². The molecule has 0 saturated carbocycles. The normalized spacial score (nSPS) is 16.2. The summed E-state index contributed by atoms with van der Waals surface area (Å²) in [4.78, 5) is 0.198. The van der Waals surface area contributed by atoms with E-state index in [0.29, 0.717) is 23.6 Å². The molecule has 0 unspecified atom stereocenters. The van der Waals surface area contributed by atoms with E-state index in [1.165, 1.54) is 4.41 Å². The number of hydrogen-bond donors (Lipinski definition) is 0. The average Bonchev–Trinajstić information content (AvgIpc) is 3.26. The zero-order chi connectivity index (χ0) is 22.0. The van der Waals surface area contributed by atoms with Crippen molar-refractivity contribution in [3.63, 3.8) is 0 Å². The summed E-state index contributed by atoms with van der Waals surface area (Å²) >= 11 is 0. The smallest absolute Gasteiger partial charge is 0.279 e. The Kier molecular flexibility index (Phi) is 5.69. The molecule has 0 N–H and O–H groups in total. The number of nitrogens with zero attached hydrogens (tertiary/aromatic N) is 2. The minimum atomic E-state index is -3.86. The number of sulfonamides is 1. The van der Waals surface area contributed by atoms with E-state index >= 15 is 0 Å². The summed E-state index contributed by atoms with van der Waals surface area (Å²) in [5, 5.41) is 4.59. The van der Waals surface area contributed by atoms with Crippen LogP contribution in [0.2, 0.25) is 0 Å². The molecule has 0 aromatic heterocycles. The van der Waals surface area contributed by atoms with Gasteiger partial charge in [-0.2, -0.15) is 17.9 Å². The molecule has 1 aliphatic heterocycles. The Labute approximate surface area is 182 Å². The first-order valence-corrected chi connectivity index (χ1v) is 11.3. The summed E-state index contributed by atoms with van der Waals surface area (Å²) < 4.78 is 39.0. The van der Waals surface area contributed by atoms with E-state index in [2.05, 4.69) is 5.10 Å². The maximum atomic E-state index is 13.5. The van der Waals surface area contributed by atoms with Crippen molar-refractivity contribution in [3.8, 4) is 11.5 Å². The zero-order valence-corrected chi connectivity index (χ0v) is 18.5. The predicted octanol–water partition coefficient (Wildman–Crippen LogP) is 4.55. The first-order chi connectivity index (χ1) is 14.9. The van der Waals surface area contributed by atoms with Gasteiger partial charge in [-0.05, 0) is 42.3 Å². The van der Waals surface area contributed by atoms with Crippen molar-refractivity contribution >= 4 is 15.7 Å². The number of rotatable bonds is 6. The highest BCUT2D eigenvalue weighted by atomic mass is 32.2. The molecule has 3 aromatic rings. The Bertz CT molecular complexity index is 1180. The third kappa shape index (κ3) is 4.14. The van der Waals surface area contributed by atoms with Crippen LogP contribution in [0.25, 0.3) is 0 Å². The molecule has 1 atom stereocenters. The molecule has 3 aromatic carbocycles. The molecule has 0 fully saturated rings. The molecule has 6 nitrogen and oxygen atoms in total. The summed E-state index contributed by atoms with van der Waals surface area (Å²) in [6.45, 7) is 2.01. The lowest BCUT2D eigenvalue weighted by atomic mass is 9.98. The van der Waals surface area contributed by atoms with Crippen LogP contribution in [0.3, 0.4) is 0 Å². The largest absolute Gasteiger partial charge is 0.497 e. The second-order valence-electron chi connectivity index (χ2n) is 7.37. The van der Waals surface area contributed by atoms with Crippen LogP contribution in [0, 0.1) is 6.92 Å². The molecule has 31 heavy (non-hydrogen) atoms. The molecule has 4 rings (SSSR count). The van der Waals surface area contributed by atoms with E-state index in [1.54, 1.807) is 50.6 Å². The van der Waals surface area contributed by atoms with E-state index in [0.717, 1.165) is 16.7 Å². The van der Waals surface area contributed by atoms with Crippen LogP contribution in [-0.2, 0) is 10.0 Å². The van der Waals surface area contributed by atoms with E-state index in [-0.39, 0.29) is 4.90 Å². The van der Waals surface area contributed by atoms with Crippen LogP contribution >= 0.6 is 0 Å². The Morgan fingerprint density at radius 3 is 2.10 bits per heavy atom. The molecule has 0 spiro atoms. The number of ether oxygens (including phenoxy) is 2. The van der Waals surface area contributed by atoms with Crippen molar-refractivity contribution in [1.29, 1.82) is 0 Å². The van der Waals surface area contributed by atoms with Crippen molar-refractivity contribution < 1.29 is 17.9 Å². The highest BCUT2D eigenvalue weighted by Crippen LogP contribution is 2.39. The van der Waals surface area contributed by atoms with Crippen molar-refractivity contribution in [2.24, 2.45) is 5.10 Å². The number of methoxy groups -OCH3 is 2. The summed E-state index contributed by atoms with van der Waals surface area (Å²) in [6, 6.07) is 21.2. The highest BCUT2D eigenvalue weighted by molar-refractivity contribution is 7.89. The van der Waals surface area contributed by atoms with Crippen molar-refractivity contribution in [2.75, 3.05) is 14.2 Å². The molecule has 0 aliphatic carbocycles. The van der Waals surface area contributed by atoms with Crippen LogP contribution in [0.15, 0.2) is 82.8 Å². The fourth-order valence-corrected chi connectivity index (χ4v) is 5.06. The van der Waals surface area contributed by atoms with Gasteiger partial charge in [0.15, 0.2) is 0 Å². The first kappa shape index (κ1) is 20.9. The lowest BCUT2D eigenvalue weighted by molar-refractivity contribution is 0.362. The molecule has 0 saturated heterocycles. The SMILES string of the molecule is COc1cc(OC)cc([C@@H]2CC(c3ccc(C)cc3)=NN2S(=O)(=O)c2ccccc2)c1. The molecule has 0 amide bonds. The van der Waals surface area contributed by atoms with E-state index in [9.17, 15) is 8.42 Å². The molecule has 7 heteroatoms. The maximum absolute atomic E-state index is 13.5. The molecule has 1 heterocycles. The van der Waals surface area contributed by atoms with Gasteiger partial charge < -0.3 is 9.47 Å². The summed E-state index contributed by atoms with van der Waals surface area (Å²) in [6.07, 6.45) is 0.436. The fraction of sp³-hybridized carbons (Fsp3) is 0.208. The van der Waals surface area contributed by atoms with E-state index in [4.69, 9.17) is 9.47 Å². The molecular formula is C24H24N2O4S. The number of hydrazone groups is 1. The summed E-state index contributed by atoms with van der Waals surface area (Å²) in [5.74, 6) is 1.19. The monoisotopic (exact) mass is 436 g/mol. The number of hydrogen-bond acceptors (Lipinski definition) is 5. The topological polar surface area (TPSA) is 68.2 Å². The minimum absolute atomic E-state index is 0.198. The average molecular weight is 437 g/mol. The van der Waals surface area contributed by atoms with Gasteiger partial charge in [-0.25, -0.2) is 0 Å². The molecular weight excluding hydrogens is 412 g/mol. The van der Waals surface area contributed by atoms with Gasteiger partial charge in [0.05, 0.1) is 30.9 Å². The molecule has 0 bridgehead atoms. The van der Waals surface area contributed by atoms with Gasteiger partial charge in [0.1, 0.15) is 11.5 Å².